The topological polar surface area (TPSA) is 231 Å². The van der Waals surface area contributed by atoms with Crippen LogP contribution in [0, 0.1) is 0 Å². The molecule has 0 rings (SSSR count). The molecule has 0 saturated heterocycles. The number of allylic oxidation sites excluding steroid dienone is 18. The van der Waals surface area contributed by atoms with Crippen LogP contribution < -0.4 is 0 Å². The van der Waals surface area contributed by atoms with Gasteiger partial charge in [-0.3, -0.25) is 32.5 Å². The van der Waals surface area contributed by atoms with Crippen LogP contribution in [-0.4, -0.2) is 95.9 Å². The Morgan fingerprint density at radius 3 is 0.776 bits per heavy atom. The summed E-state index contributed by atoms with van der Waals surface area (Å²) < 4.78 is 61.2. The van der Waals surface area contributed by atoms with Crippen molar-refractivity contribution in [3.8, 4) is 0 Å². The minimum Gasteiger partial charge on any atom is -0.463 e. The largest absolute Gasteiger partial charge is 0.472 e. The summed E-state index contributed by atoms with van der Waals surface area (Å²) in [4.78, 5) is 58.6. The van der Waals surface area contributed by atoms with Gasteiger partial charge < -0.3 is 34.2 Å². The highest BCUT2D eigenvalue weighted by Crippen LogP contribution is 2.45. The van der Waals surface area contributed by atoms with E-state index in [9.17, 15) is 43.5 Å². The fraction of sp³-hybridized carbons (Fsp3) is 0.764. The summed E-state index contributed by atoms with van der Waals surface area (Å²) in [5, 5.41) is 20.7. The van der Waals surface area contributed by atoms with Crippen molar-refractivity contribution in [3.63, 3.8) is 0 Å². The number of ether oxygens (including phenoxy) is 3. The Labute approximate surface area is 653 Å². The predicted octanol–water partition coefficient (Wildman–Crippen LogP) is 25.9. The lowest BCUT2D eigenvalue weighted by Crippen LogP contribution is -2.30. The summed E-state index contributed by atoms with van der Waals surface area (Å²) in [7, 11) is -9.79. The van der Waals surface area contributed by atoms with Gasteiger partial charge in [0.25, 0.3) is 0 Å². The molecule has 0 heterocycles. The van der Waals surface area contributed by atoms with E-state index in [1.807, 2.05) is 0 Å². The third kappa shape index (κ3) is 83.0. The highest BCUT2D eigenvalue weighted by Gasteiger charge is 2.29. The van der Waals surface area contributed by atoms with E-state index in [0.29, 0.717) is 19.3 Å². The Bertz CT molecular complexity index is 2380. The summed E-state index contributed by atoms with van der Waals surface area (Å²) in [6, 6.07) is 0. The van der Waals surface area contributed by atoms with E-state index in [-0.39, 0.29) is 19.3 Å². The van der Waals surface area contributed by atoms with Crippen LogP contribution in [0.1, 0.15) is 380 Å². The molecule has 0 aliphatic carbocycles. The maximum atomic E-state index is 12.9. The zero-order valence-corrected chi connectivity index (χ0v) is 69.8. The van der Waals surface area contributed by atoms with Gasteiger partial charge >= 0.3 is 33.6 Å². The number of aliphatic hydroxyl groups excluding tert-OH is 2. The van der Waals surface area contributed by atoms with E-state index in [1.165, 1.54) is 193 Å². The zero-order valence-electron chi connectivity index (χ0n) is 68.0. The number of esters is 3. The molecule has 0 bridgehead atoms. The highest BCUT2D eigenvalue weighted by atomic mass is 31.2. The minimum atomic E-state index is -4.93. The molecule has 0 fully saturated rings. The Balaban J connectivity index is 4.33. The van der Waals surface area contributed by atoms with Crippen LogP contribution >= 0.6 is 15.6 Å². The number of carbonyl (C=O) groups is 3. The van der Waals surface area contributed by atoms with E-state index < -0.39 is 91.5 Å². The van der Waals surface area contributed by atoms with Crippen molar-refractivity contribution in [1.29, 1.82) is 0 Å². The van der Waals surface area contributed by atoms with Crippen molar-refractivity contribution in [2.24, 2.45) is 0 Å². The van der Waals surface area contributed by atoms with Crippen LogP contribution in [0.5, 0.6) is 0 Å². The average Bonchev–Trinajstić information content (AvgIpc) is 0.911. The van der Waals surface area contributed by atoms with Gasteiger partial charge in [-0.05, 0) is 128 Å². The molecule has 0 amide bonds. The Morgan fingerprint density at radius 1 is 0.262 bits per heavy atom. The van der Waals surface area contributed by atoms with Crippen molar-refractivity contribution in [2.75, 3.05) is 39.6 Å². The molecule has 0 radical (unpaired) electrons. The molecule has 16 nitrogen and oxygen atoms in total. The van der Waals surface area contributed by atoms with Crippen molar-refractivity contribution in [1.82, 2.24) is 0 Å². The zero-order chi connectivity index (χ0) is 78.0. The van der Waals surface area contributed by atoms with Gasteiger partial charge in [-0.25, -0.2) is 9.13 Å². The van der Waals surface area contributed by atoms with Crippen LogP contribution in [0.15, 0.2) is 109 Å². The van der Waals surface area contributed by atoms with E-state index in [2.05, 4.69) is 130 Å². The van der Waals surface area contributed by atoms with E-state index in [0.717, 1.165) is 128 Å². The second kappa shape index (κ2) is 81.7. The first-order valence-electron chi connectivity index (χ1n) is 43.2. The molecule has 0 saturated carbocycles. The molecular formula is C89H158O16P2. The van der Waals surface area contributed by atoms with Gasteiger partial charge in [0.15, 0.2) is 6.10 Å². The number of aliphatic hydroxyl groups is 2. The standard InChI is InChI=1S/C89H158O16P2/c1-4-7-10-13-16-19-22-24-26-28-30-32-34-36-37-38-39-40-41-42-43-44-45-47-49-50-52-54-56-58-61-63-66-69-72-75-87(92)99-78-84(90)79-101-106(95,96)102-80-85(91)81-103-107(97,98)104-83-86(105-89(94)77-74-71-68-65-60-21-18-15-12-9-6-3)82-100-88(93)76-73-70-67-64-62-59-57-55-53-51-48-46-35-33-31-29-27-25-23-20-17-14-11-8-5-2/h15-20,24-27,30-33,36-37,46,48,84-86,90-91H,4-14,21-23,28-29,34-35,38-45,47,49-83H2,1-3H3,(H,95,96)(H,97,98)/b18-15-,19-16-,20-17-,26-24-,27-25-,32-30-,33-31-,37-36-,48-46-. The van der Waals surface area contributed by atoms with Crippen molar-refractivity contribution in [3.05, 3.63) is 109 Å². The molecule has 107 heavy (non-hydrogen) atoms. The van der Waals surface area contributed by atoms with Gasteiger partial charge in [0.05, 0.1) is 26.4 Å². The summed E-state index contributed by atoms with van der Waals surface area (Å²) in [6.45, 7) is 2.61. The van der Waals surface area contributed by atoms with Crippen LogP contribution in [0.25, 0.3) is 0 Å². The monoisotopic (exact) mass is 1550 g/mol. The summed E-state index contributed by atoms with van der Waals surface area (Å²) in [6.07, 6.45) is 97.4. The second-order valence-electron chi connectivity index (χ2n) is 29.0. The number of phosphoric acid groups is 2. The molecule has 0 aromatic rings. The molecule has 0 spiro atoms. The quantitative estimate of drug-likeness (QED) is 0.0146. The van der Waals surface area contributed by atoms with Gasteiger partial charge in [0, 0.05) is 19.3 Å². The van der Waals surface area contributed by atoms with E-state index in [4.69, 9.17) is 32.3 Å². The van der Waals surface area contributed by atoms with Crippen LogP contribution in [0.4, 0.5) is 0 Å². The second-order valence-corrected chi connectivity index (χ2v) is 31.9. The lowest BCUT2D eigenvalue weighted by Gasteiger charge is -2.21. The van der Waals surface area contributed by atoms with Gasteiger partial charge in [-0.1, -0.05) is 342 Å². The average molecular weight is 1550 g/mol. The number of rotatable bonds is 82. The summed E-state index contributed by atoms with van der Waals surface area (Å²) in [5.41, 5.74) is 0. The van der Waals surface area contributed by atoms with Gasteiger partial charge in [-0.2, -0.15) is 0 Å². The van der Waals surface area contributed by atoms with Crippen LogP contribution in [0.3, 0.4) is 0 Å². The molecule has 0 aliphatic heterocycles. The Kier molecular flexibility index (Phi) is 78.8. The first-order chi connectivity index (χ1) is 52.2. The highest BCUT2D eigenvalue weighted by molar-refractivity contribution is 7.47. The first kappa shape index (κ1) is 103. The smallest absolute Gasteiger partial charge is 0.463 e. The van der Waals surface area contributed by atoms with Gasteiger partial charge in [0.1, 0.15) is 25.4 Å². The molecule has 4 N–H and O–H groups in total. The van der Waals surface area contributed by atoms with Gasteiger partial charge in [0.2, 0.25) is 0 Å². The maximum Gasteiger partial charge on any atom is 0.472 e. The molecule has 18 heteroatoms. The van der Waals surface area contributed by atoms with E-state index >= 15 is 0 Å². The minimum absolute atomic E-state index is 0.0930. The van der Waals surface area contributed by atoms with E-state index in [1.54, 1.807) is 0 Å². The van der Waals surface area contributed by atoms with Crippen LogP contribution in [-0.2, 0) is 55.8 Å². The summed E-state index contributed by atoms with van der Waals surface area (Å²) in [5.74, 6) is -1.58. The number of hydrogen-bond donors (Lipinski definition) is 4. The fourth-order valence-electron chi connectivity index (χ4n) is 11.8. The number of unbranched alkanes of at least 4 members (excludes halogenated alkanes) is 41. The van der Waals surface area contributed by atoms with Crippen molar-refractivity contribution in [2.45, 2.75) is 399 Å². The fourth-order valence-corrected chi connectivity index (χ4v) is 13.4. The molecular weight excluding hydrogens is 1390 g/mol. The molecule has 0 aromatic heterocycles. The molecule has 5 unspecified atom stereocenters. The predicted molar refractivity (Wildman–Crippen MR) is 445 cm³/mol. The lowest BCUT2D eigenvalue weighted by molar-refractivity contribution is -0.161. The lowest BCUT2D eigenvalue weighted by atomic mass is 10.0. The first-order valence-corrected chi connectivity index (χ1v) is 46.2. The molecule has 620 valence electrons. The Morgan fingerprint density at radius 2 is 0.477 bits per heavy atom. The number of phosphoric ester groups is 2. The third-order valence-electron chi connectivity index (χ3n) is 18.4. The summed E-state index contributed by atoms with van der Waals surface area (Å²) >= 11 is 0. The van der Waals surface area contributed by atoms with Crippen molar-refractivity contribution >= 4 is 33.6 Å². The van der Waals surface area contributed by atoms with Gasteiger partial charge in [-0.15, -0.1) is 0 Å². The maximum absolute atomic E-state index is 12.9. The normalized spacial score (nSPS) is 14.4. The van der Waals surface area contributed by atoms with Crippen LogP contribution in [0.2, 0.25) is 0 Å². The number of carbonyl (C=O) groups excluding carboxylic acids is 3. The molecule has 5 atom stereocenters. The SMILES string of the molecule is CCCC/C=C\CCCCCCCC(=O)OC(COC(=O)CCCCCCCCCCC/C=C\C/C=C\C/C=C\C/C=C\CCCCC)COP(=O)(O)OCC(O)COP(=O)(O)OCC(O)COC(=O)CCCCCCCCCCCCCCCCCCCCC/C=C\C/C=C\C/C=C\C/C=C\CCCCC. The van der Waals surface area contributed by atoms with Crippen molar-refractivity contribution < 1.29 is 75.8 Å². The third-order valence-corrected chi connectivity index (χ3v) is 20.3. The molecule has 0 aromatic carbocycles. The Hall–Kier alpha value is -3.79. The number of hydrogen-bond acceptors (Lipinski definition) is 14. The molecule has 0 aliphatic rings.